The molecule has 4 nitrogen and oxygen atoms in total. The first-order chi connectivity index (χ1) is 8.49. The van der Waals surface area contributed by atoms with Crippen LogP contribution in [0.1, 0.15) is 12.0 Å². The number of carbonyl (C=O) groups is 2. The van der Waals surface area contributed by atoms with Crippen LogP contribution in [0.15, 0.2) is 18.2 Å². The molecule has 1 aromatic rings. The zero-order valence-corrected chi connectivity index (χ0v) is 11.5. The Labute approximate surface area is 115 Å². The molecule has 0 saturated heterocycles. The molecule has 0 aliphatic carbocycles. The fraction of sp³-hybridized carbons (Fsp3) is 0.333. The van der Waals surface area contributed by atoms with E-state index in [0.29, 0.717) is 10.8 Å². The molecule has 0 radical (unpaired) electrons. The number of carbonyl (C=O) groups excluding carboxylic acids is 1. The lowest BCUT2D eigenvalue weighted by atomic mass is 10.2. The number of anilines is 1. The summed E-state index contributed by atoms with van der Waals surface area (Å²) in [6.45, 7) is 1.86. The number of halogens is 1. The first kappa shape index (κ1) is 14.9. The minimum Gasteiger partial charge on any atom is -0.481 e. The molecule has 0 atom stereocenters. The first-order valence-electron chi connectivity index (χ1n) is 5.34. The number of aryl methyl sites for hydroxylation is 1. The zero-order chi connectivity index (χ0) is 13.5. The van der Waals surface area contributed by atoms with E-state index in [1.54, 1.807) is 18.2 Å². The summed E-state index contributed by atoms with van der Waals surface area (Å²) in [5, 5.41) is 11.8. The first-order valence-corrected chi connectivity index (χ1v) is 6.88. The topological polar surface area (TPSA) is 66.4 Å². The number of carboxylic acid groups (broad SMARTS) is 1. The third kappa shape index (κ3) is 5.42. The van der Waals surface area contributed by atoms with E-state index in [1.807, 2.05) is 6.92 Å². The van der Waals surface area contributed by atoms with Gasteiger partial charge in [0.25, 0.3) is 0 Å². The highest BCUT2D eigenvalue weighted by atomic mass is 35.5. The van der Waals surface area contributed by atoms with Gasteiger partial charge in [-0.2, -0.15) is 11.8 Å². The molecule has 0 fully saturated rings. The molecule has 0 heterocycles. The summed E-state index contributed by atoms with van der Waals surface area (Å²) < 4.78 is 0. The van der Waals surface area contributed by atoms with Crippen molar-refractivity contribution in [3.05, 3.63) is 28.8 Å². The van der Waals surface area contributed by atoms with Crippen LogP contribution < -0.4 is 5.32 Å². The summed E-state index contributed by atoms with van der Waals surface area (Å²) in [6.07, 6.45) is 0.0674. The lowest BCUT2D eigenvalue weighted by Gasteiger charge is -2.08. The van der Waals surface area contributed by atoms with Crippen molar-refractivity contribution in [2.75, 3.05) is 16.8 Å². The molecule has 98 valence electrons. The van der Waals surface area contributed by atoms with E-state index in [0.717, 1.165) is 11.3 Å². The van der Waals surface area contributed by atoms with Crippen molar-refractivity contribution >= 4 is 40.9 Å². The van der Waals surface area contributed by atoms with Crippen LogP contribution in [0.5, 0.6) is 0 Å². The monoisotopic (exact) mass is 287 g/mol. The van der Waals surface area contributed by atoms with E-state index in [2.05, 4.69) is 5.32 Å². The second-order valence-corrected chi connectivity index (χ2v) is 5.25. The minimum atomic E-state index is -0.851. The van der Waals surface area contributed by atoms with Crippen molar-refractivity contribution in [2.24, 2.45) is 0 Å². The summed E-state index contributed by atoms with van der Waals surface area (Å²) in [7, 11) is 0. The SMILES string of the molecule is Cc1cc(Cl)ccc1NC(=O)CSCCC(=O)O. The van der Waals surface area contributed by atoms with Gasteiger partial charge < -0.3 is 10.4 Å². The molecule has 1 aromatic carbocycles. The van der Waals surface area contributed by atoms with Crippen LogP contribution in [0.4, 0.5) is 5.69 Å². The fourth-order valence-electron chi connectivity index (χ4n) is 1.28. The highest BCUT2D eigenvalue weighted by Crippen LogP contribution is 2.19. The molecule has 18 heavy (non-hydrogen) atoms. The average Bonchev–Trinajstić information content (AvgIpc) is 2.28. The predicted octanol–water partition coefficient (Wildman–Crippen LogP) is 2.79. The van der Waals surface area contributed by atoms with Gasteiger partial charge in [0.1, 0.15) is 0 Å². The summed E-state index contributed by atoms with van der Waals surface area (Å²) >= 11 is 7.11. The summed E-state index contributed by atoms with van der Waals surface area (Å²) in [5.41, 5.74) is 1.62. The number of hydrogen-bond acceptors (Lipinski definition) is 3. The Morgan fingerprint density at radius 1 is 1.44 bits per heavy atom. The fourth-order valence-corrected chi connectivity index (χ4v) is 2.23. The molecule has 6 heteroatoms. The molecular formula is C12H14ClNO3S. The van der Waals surface area contributed by atoms with Crippen LogP contribution in [0, 0.1) is 6.92 Å². The number of amides is 1. The van der Waals surface area contributed by atoms with Gasteiger partial charge in [0.05, 0.1) is 12.2 Å². The number of hydrogen-bond donors (Lipinski definition) is 2. The van der Waals surface area contributed by atoms with Gasteiger partial charge >= 0.3 is 5.97 Å². The Morgan fingerprint density at radius 2 is 2.17 bits per heavy atom. The Balaban J connectivity index is 2.38. The third-order valence-electron chi connectivity index (χ3n) is 2.16. The Hall–Kier alpha value is -1.20. The molecule has 0 aliphatic rings. The van der Waals surface area contributed by atoms with Crippen LogP contribution in [-0.4, -0.2) is 28.5 Å². The molecular weight excluding hydrogens is 274 g/mol. The zero-order valence-electron chi connectivity index (χ0n) is 9.90. The van der Waals surface area contributed by atoms with Gasteiger partial charge in [-0.05, 0) is 30.7 Å². The standard InChI is InChI=1S/C12H14ClNO3S/c1-8-6-9(13)2-3-10(8)14-11(15)7-18-5-4-12(16)17/h2-3,6H,4-5,7H2,1H3,(H,14,15)(H,16,17). The number of benzene rings is 1. The van der Waals surface area contributed by atoms with Gasteiger partial charge in [-0.15, -0.1) is 0 Å². The molecule has 0 unspecified atom stereocenters. The maximum absolute atomic E-state index is 11.6. The average molecular weight is 288 g/mol. The van der Waals surface area contributed by atoms with Gasteiger partial charge in [0.15, 0.2) is 0 Å². The van der Waals surface area contributed by atoms with Crippen LogP contribution in [0.25, 0.3) is 0 Å². The van der Waals surface area contributed by atoms with E-state index < -0.39 is 5.97 Å². The van der Waals surface area contributed by atoms with E-state index in [-0.39, 0.29) is 18.1 Å². The summed E-state index contributed by atoms with van der Waals surface area (Å²) in [6, 6.07) is 5.23. The predicted molar refractivity (Wildman–Crippen MR) is 74.4 cm³/mol. The second-order valence-electron chi connectivity index (χ2n) is 3.70. The van der Waals surface area contributed by atoms with Crippen molar-refractivity contribution in [1.82, 2.24) is 0 Å². The van der Waals surface area contributed by atoms with E-state index in [9.17, 15) is 9.59 Å². The molecule has 0 aromatic heterocycles. The smallest absolute Gasteiger partial charge is 0.304 e. The summed E-state index contributed by atoms with van der Waals surface area (Å²) in [5.74, 6) is -0.315. The lowest BCUT2D eigenvalue weighted by Crippen LogP contribution is -2.15. The molecule has 0 bridgehead atoms. The largest absolute Gasteiger partial charge is 0.481 e. The van der Waals surface area contributed by atoms with Crippen molar-refractivity contribution in [2.45, 2.75) is 13.3 Å². The molecule has 2 N–H and O–H groups in total. The van der Waals surface area contributed by atoms with Crippen molar-refractivity contribution in [1.29, 1.82) is 0 Å². The maximum Gasteiger partial charge on any atom is 0.304 e. The third-order valence-corrected chi connectivity index (χ3v) is 3.35. The Kier molecular flexibility index (Phi) is 6.01. The van der Waals surface area contributed by atoms with Gasteiger partial charge in [-0.1, -0.05) is 11.6 Å². The molecule has 0 spiro atoms. The van der Waals surface area contributed by atoms with E-state index >= 15 is 0 Å². The van der Waals surface area contributed by atoms with E-state index in [4.69, 9.17) is 16.7 Å². The Morgan fingerprint density at radius 3 is 2.78 bits per heavy atom. The van der Waals surface area contributed by atoms with Gasteiger partial charge in [-0.3, -0.25) is 9.59 Å². The molecule has 0 saturated carbocycles. The quantitative estimate of drug-likeness (QED) is 0.790. The van der Waals surface area contributed by atoms with Gasteiger partial charge in [0, 0.05) is 16.5 Å². The molecule has 1 amide bonds. The minimum absolute atomic E-state index is 0.0674. The van der Waals surface area contributed by atoms with Crippen molar-refractivity contribution < 1.29 is 14.7 Å². The summed E-state index contributed by atoms with van der Waals surface area (Å²) in [4.78, 5) is 21.9. The maximum atomic E-state index is 11.6. The number of nitrogens with one attached hydrogen (secondary N) is 1. The number of thioether (sulfide) groups is 1. The van der Waals surface area contributed by atoms with E-state index in [1.165, 1.54) is 11.8 Å². The van der Waals surface area contributed by atoms with Crippen LogP contribution in [0.2, 0.25) is 5.02 Å². The van der Waals surface area contributed by atoms with Crippen LogP contribution in [-0.2, 0) is 9.59 Å². The van der Waals surface area contributed by atoms with Crippen LogP contribution in [0.3, 0.4) is 0 Å². The number of carboxylic acids is 1. The Bertz CT molecular complexity index is 451. The van der Waals surface area contributed by atoms with Crippen molar-refractivity contribution in [3.63, 3.8) is 0 Å². The lowest BCUT2D eigenvalue weighted by molar-refractivity contribution is -0.136. The molecule has 1 rings (SSSR count). The number of aliphatic carboxylic acids is 1. The number of rotatable bonds is 6. The molecule has 0 aliphatic heterocycles. The normalized spacial score (nSPS) is 10.1. The van der Waals surface area contributed by atoms with Crippen LogP contribution >= 0.6 is 23.4 Å². The second kappa shape index (κ2) is 7.28. The highest BCUT2D eigenvalue weighted by molar-refractivity contribution is 7.99. The van der Waals surface area contributed by atoms with Gasteiger partial charge in [0.2, 0.25) is 5.91 Å². The van der Waals surface area contributed by atoms with Gasteiger partial charge in [-0.25, -0.2) is 0 Å². The van der Waals surface area contributed by atoms with Crippen molar-refractivity contribution in [3.8, 4) is 0 Å². The highest BCUT2D eigenvalue weighted by Gasteiger charge is 2.06.